The van der Waals surface area contributed by atoms with Crippen molar-refractivity contribution in [2.45, 2.75) is 25.4 Å². The zero-order valence-corrected chi connectivity index (χ0v) is 18.7. The first-order valence-electron chi connectivity index (χ1n) is 11.6. The molecule has 2 aromatic carbocycles. The maximum absolute atomic E-state index is 13.9. The molecule has 11 heteroatoms. The summed E-state index contributed by atoms with van der Waals surface area (Å²) >= 11 is 0. The number of anilines is 3. The SMILES string of the molecule is [2H]C([2H])(O)[C@@H](Nc1nc(Nc2ccc3c(c2)C(C)(C)NC3=O)ncc1-c1nnco1)c1cccc(F)c1. The topological polar surface area (TPSA) is 138 Å². The minimum absolute atomic E-state index is 0.0484. The molecule has 2 aromatic heterocycles. The van der Waals surface area contributed by atoms with Gasteiger partial charge in [0.2, 0.25) is 12.3 Å². The van der Waals surface area contributed by atoms with Crippen molar-refractivity contribution in [3.63, 3.8) is 0 Å². The van der Waals surface area contributed by atoms with Crippen LogP contribution in [-0.4, -0.2) is 37.7 Å². The van der Waals surface area contributed by atoms with Gasteiger partial charge in [-0.3, -0.25) is 4.79 Å². The van der Waals surface area contributed by atoms with Crippen molar-refractivity contribution >= 4 is 23.4 Å². The number of rotatable bonds is 7. The number of benzene rings is 2. The molecule has 10 nitrogen and oxygen atoms in total. The van der Waals surface area contributed by atoms with Crippen molar-refractivity contribution in [2.75, 3.05) is 17.2 Å². The summed E-state index contributed by atoms with van der Waals surface area (Å²) in [6.07, 6.45) is 2.51. The number of nitrogens with one attached hydrogen (secondary N) is 3. The van der Waals surface area contributed by atoms with E-state index in [-0.39, 0.29) is 34.7 Å². The van der Waals surface area contributed by atoms with E-state index in [0.29, 0.717) is 11.3 Å². The van der Waals surface area contributed by atoms with E-state index in [4.69, 9.17) is 7.16 Å². The molecule has 0 spiro atoms. The van der Waals surface area contributed by atoms with Crippen LogP contribution in [-0.2, 0) is 5.54 Å². The summed E-state index contributed by atoms with van der Waals surface area (Å²) in [6, 6.07) is 9.03. The number of fused-ring (bicyclic) bond motifs is 1. The summed E-state index contributed by atoms with van der Waals surface area (Å²) in [5.74, 6) is -0.526. The number of aromatic nitrogens is 4. The highest BCUT2D eigenvalue weighted by Gasteiger charge is 2.35. The van der Waals surface area contributed by atoms with Crippen molar-refractivity contribution in [1.82, 2.24) is 25.5 Å². The fourth-order valence-electron chi connectivity index (χ4n) is 3.90. The lowest BCUT2D eigenvalue weighted by atomic mass is 9.94. The van der Waals surface area contributed by atoms with Crippen LogP contribution >= 0.6 is 0 Å². The molecule has 4 aromatic rings. The molecule has 1 aliphatic heterocycles. The van der Waals surface area contributed by atoms with Crippen LogP contribution < -0.4 is 16.0 Å². The third-order valence-electron chi connectivity index (χ3n) is 5.59. The zero-order chi connectivity index (χ0) is 26.4. The van der Waals surface area contributed by atoms with Crippen molar-refractivity contribution < 1.29 is 21.5 Å². The molecule has 4 N–H and O–H groups in total. The lowest BCUT2D eigenvalue weighted by Gasteiger charge is -2.20. The van der Waals surface area contributed by atoms with E-state index < -0.39 is 24.0 Å². The van der Waals surface area contributed by atoms with Gasteiger partial charge in [-0.05, 0) is 55.3 Å². The minimum atomic E-state index is -2.80. The molecule has 35 heavy (non-hydrogen) atoms. The Bertz CT molecular complexity index is 1480. The Labute approximate surface area is 202 Å². The van der Waals surface area contributed by atoms with Crippen LogP contribution in [0.3, 0.4) is 0 Å². The summed E-state index contributed by atoms with van der Waals surface area (Å²) < 4.78 is 35.1. The van der Waals surface area contributed by atoms with Crippen LogP contribution in [0, 0.1) is 5.82 Å². The van der Waals surface area contributed by atoms with Crippen molar-refractivity contribution in [3.8, 4) is 11.5 Å². The van der Waals surface area contributed by atoms with E-state index in [2.05, 4.69) is 36.1 Å². The lowest BCUT2D eigenvalue weighted by Crippen LogP contribution is -2.32. The number of carbonyl (C=O) groups is 1. The zero-order valence-electron chi connectivity index (χ0n) is 20.7. The van der Waals surface area contributed by atoms with Gasteiger partial charge in [0.1, 0.15) is 11.6 Å². The van der Waals surface area contributed by atoms with Crippen LogP contribution in [0.25, 0.3) is 11.5 Å². The summed E-state index contributed by atoms with van der Waals surface area (Å²) in [5, 5.41) is 26.6. The highest BCUT2D eigenvalue weighted by Crippen LogP contribution is 2.34. The fourth-order valence-corrected chi connectivity index (χ4v) is 3.90. The van der Waals surface area contributed by atoms with Crippen LogP contribution in [0.15, 0.2) is 59.5 Å². The molecular formula is C24H22FN7O3. The molecule has 0 radical (unpaired) electrons. The van der Waals surface area contributed by atoms with Gasteiger partial charge < -0.3 is 25.5 Å². The summed E-state index contributed by atoms with van der Waals surface area (Å²) in [4.78, 5) is 21.0. The van der Waals surface area contributed by atoms with Crippen LogP contribution in [0.4, 0.5) is 21.8 Å². The number of aliphatic hydroxyl groups is 1. The minimum Gasteiger partial charge on any atom is -0.423 e. The Morgan fingerprint density at radius 1 is 1.26 bits per heavy atom. The summed E-state index contributed by atoms with van der Waals surface area (Å²) in [7, 11) is 0. The second kappa shape index (κ2) is 8.76. The number of halogens is 1. The maximum Gasteiger partial charge on any atom is 0.252 e. The average molecular weight is 477 g/mol. The van der Waals surface area contributed by atoms with E-state index in [1.165, 1.54) is 24.4 Å². The van der Waals surface area contributed by atoms with E-state index in [1.807, 2.05) is 19.9 Å². The number of carbonyl (C=O) groups excluding carboxylic acids is 1. The first-order valence-corrected chi connectivity index (χ1v) is 10.6. The van der Waals surface area contributed by atoms with Gasteiger partial charge in [0.15, 0.2) is 0 Å². The molecule has 0 saturated carbocycles. The maximum atomic E-state index is 13.9. The van der Waals surface area contributed by atoms with Crippen LogP contribution in [0.1, 0.15) is 44.1 Å². The highest BCUT2D eigenvalue weighted by atomic mass is 19.1. The molecule has 0 fully saturated rings. The molecule has 0 saturated heterocycles. The molecule has 5 rings (SSSR count). The Morgan fingerprint density at radius 2 is 2.11 bits per heavy atom. The quantitative estimate of drug-likeness (QED) is 0.315. The second-order valence-corrected chi connectivity index (χ2v) is 8.43. The fraction of sp³-hybridized carbons (Fsp3) is 0.208. The molecule has 0 unspecified atom stereocenters. The number of amides is 1. The van der Waals surface area contributed by atoms with Crippen molar-refractivity contribution in [1.29, 1.82) is 0 Å². The predicted molar refractivity (Wildman–Crippen MR) is 125 cm³/mol. The van der Waals surface area contributed by atoms with Gasteiger partial charge in [-0.1, -0.05) is 12.1 Å². The molecule has 1 amide bonds. The smallest absolute Gasteiger partial charge is 0.252 e. The number of hydrogen-bond acceptors (Lipinski definition) is 9. The monoisotopic (exact) mass is 477 g/mol. The Balaban J connectivity index is 1.53. The molecule has 1 aliphatic rings. The Hall–Kier alpha value is -4.38. The van der Waals surface area contributed by atoms with Gasteiger partial charge in [-0.15, -0.1) is 10.2 Å². The number of hydrogen-bond donors (Lipinski definition) is 4. The van der Waals surface area contributed by atoms with E-state index >= 15 is 0 Å². The third kappa shape index (κ3) is 4.41. The molecule has 1 atom stereocenters. The highest BCUT2D eigenvalue weighted by molar-refractivity contribution is 6.00. The predicted octanol–water partition coefficient (Wildman–Crippen LogP) is 3.53. The average Bonchev–Trinajstić information content (AvgIpc) is 3.43. The first-order chi connectivity index (χ1) is 17.5. The second-order valence-electron chi connectivity index (χ2n) is 8.43. The van der Waals surface area contributed by atoms with Gasteiger partial charge in [-0.2, -0.15) is 4.98 Å². The Morgan fingerprint density at radius 3 is 2.86 bits per heavy atom. The lowest BCUT2D eigenvalue weighted by molar-refractivity contribution is 0.0940. The molecule has 3 heterocycles. The van der Waals surface area contributed by atoms with Crippen LogP contribution in [0.5, 0.6) is 0 Å². The third-order valence-corrected chi connectivity index (χ3v) is 5.59. The Kier molecular flexibility index (Phi) is 5.02. The molecule has 0 aliphatic carbocycles. The van der Waals surface area contributed by atoms with Crippen molar-refractivity contribution in [3.05, 3.63) is 77.6 Å². The molecular weight excluding hydrogens is 453 g/mol. The van der Waals surface area contributed by atoms with Gasteiger partial charge in [0, 0.05) is 17.4 Å². The standard InChI is InChI=1S/C24H22FN7O3/c1-24(2)18-9-15(6-7-16(18)21(34)31-24)28-23-26-10-17(22-32-27-12-35-22)20(30-23)29-19(11-33)13-4-3-5-14(25)8-13/h3-10,12,19,33H,11H2,1-2H3,(H,31,34)(H2,26,28,29,30)/t19-/m1/s1/i11D2. The van der Waals surface area contributed by atoms with E-state index in [0.717, 1.165) is 18.0 Å². The van der Waals surface area contributed by atoms with Crippen molar-refractivity contribution in [2.24, 2.45) is 0 Å². The first kappa shape index (κ1) is 20.0. The molecule has 0 bridgehead atoms. The largest absolute Gasteiger partial charge is 0.423 e. The van der Waals surface area contributed by atoms with E-state index in [9.17, 15) is 14.3 Å². The van der Waals surface area contributed by atoms with Gasteiger partial charge in [0.05, 0.1) is 26.4 Å². The van der Waals surface area contributed by atoms with Crippen LogP contribution in [0.2, 0.25) is 0 Å². The summed E-state index contributed by atoms with van der Waals surface area (Å²) in [5.41, 5.74) is 1.83. The molecule has 178 valence electrons. The van der Waals surface area contributed by atoms with Gasteiger partial charge in [-0.25, -0.2) is 9.37 Å². The van der Waals surface area contributed by atoms with Gasteiger partial charge >= 0.3 is 0 Å². The summed E-state index contributed by atoms with van der Waals surface area (Å²) in [6.45, 7) is 0.991. The number of nitrogens with zero attached hydrogens (tertiary/aromatic N) is 4. The van der Waals surface area contributed by atoms with Gasteiger partial charge in [0.25, 0.3) is 11.8 Å². The van der Waals surface area contributed by atoms with E-state index in [1.54, 1.807) is 12.1 Å². The normalized spacial score (nSPS) is 16.1.